The van der Waals surface area contributed by atoms with Crippen molar-refractivity contribution in [2.24, 2.45) is 0 Å². The first-order valence-corrected chi connectivity index (χ1v) is 5.35. The number of carbonyl (C=O) groups is 1. The maximum atomic E-state index is 11.4. The van der Waals surface area contributed by atoms with Crippen LogP contribution >= 0.6 is 11.3 Å². The van der Waals surface area contributed by atoms with Crippen molar-refractivity contribution in [1.29, 1.82) is 0 Å². The van der Waals surface area contributed by atoms with E-state index in [9.17, 15) is 4.79 Å². The smallest absolute Gasteiger partial charge is 0.367 e. The van der Waals surface area contributed by atoms with Gasteiger partial charge in [0.25, 0.3) is 0 Å². The van der Waals surface area contributed by atoms with Crippen LogP contribution in [0, 0.1) is 0 Å². The Morgan fingerprint density at radius 1 is 1.60 bits per heavy atom. The van der Waals surface area contributed by atoms with Gasteiger partial charge in [-0.25, -0.2) is 9.78 Å². The van der Waals surface area contributed by atoms with Crippen molar-refractivity contribution in [2.45, 2.75) is 6.92 Å². The zero-order valence-electron chi connectivity index (χ0n) is 8.19. The van der Waals surface area contributed by atoms with Crippen molar-refractivity contribution in [3.05, 3.63) is 23.2 Å². The zero-order chi connectivity index (χ0) is 10.8. The van der Waals surface area contributed by atoms with Gasteiger partial charge < -0.3 is 10.5 Å². The van der Waals surface area contributed by atoms with E-state index in [1.165, 1.54) is 11.3 Å². The number of nitrogens with two attached hydrogens (primary N) is 1. The molecule has 5 heteroatoms. The number of hydrogen-bond acceptors (Lipinski definition) is 5. The topological polar surface area (TPSA) is 65.2 Å². The molecular weight excluding hydrogens is 212 g/mol. The molecule has 0 saturated heterocycles. The third kappa shape index (κ3) is 1.92. The SMILES string of the molecule is CCOC(=O)c1nc2cc(N)ccc2s1. The van der Waals surface area contributed by atoms with Gasteiger partial charge in [-0.15, -0.1) is 11.3 Å². The molecule has 0 fully saturated rings. The van der Waals surface area contributed by atoms with Crippen LogP contribution in [-0.2, 0) is 4.74 Å². The third-order valence-corrected chi connectivity index (χ3v) is 2.88. The highest BCUT2D eigenvalue weighted by atomic mass is 32.1. The minimum absolute atomic E-state index is 0.358. The van der Waals surface area contributed by atoms with E-state index < -0.39 is 0 Å². The van der Waals surface area contributed by atoms with Gasteiger partial charge in [0.05, 0.1) is 16.8 Å². The minimum atomic E-state index is -0.378. The molecule has 0 unspecified atom stereocenters. The molecule has 4 nitrogen and oxygen atoms in total. The molecule has 2 rings (SSSR count). The number of benzene rings is 1. The fourth-order valence-electron chi connectivity index (χ4n) is 1.22. The quantitative estimate of drug-likeness (QED) is 0.624. The van der Waals surface area contributed by atoms with Crippen LogP contribution in [0.1, 0.15) is 16.7 Å². The number of anilines is 1. The van der Waals surface area contributed by atoms with Crippen LogP contribution in [0.15, 0.2) is 18.2 Å². The second kappa shape index (κ2) is 3.86. The highest BCUT2D eigenvalue weighted by Gasteiger charge is 2.12. The Morgan fingerprint density at radius 2 is 2.40 bits per heavy atom. The molecule has 0 bridgehead atoms. The maximum Gasteiger partial charge on any atom is 0.367 e. The number of fused-ring (bicyclic) bond motifs is 1. The summed E-state index contributed by atoms with van der Waals surface area (Å²) in [4.78, 5) is 15.5. The summed E-state index contributed by atoms with van der Waals surface area (Å²) in [6.45, 7) is 2.13. The largest absolute Gasteiger partial charge is 0.461 e. The van der Waals surface area contributed by atoms with Crippen molar-refractivity contribution in [3.8, 4) is 0 Å². The summed E-state index contributed by atoms with van der Waals surface area (Å²) in [6.07, 6.45) is 0. The molecule has 15 heavy (non-hydrogen) atoms. The number of aromatic nitrogens is 1. The van der Waals surface area contributed by atoms with E-state index >= 15 is 0 Å². The molecule has 0 amide bonds. The average molecular weight is 222 g/mol. The summed E-state index contributed by atoms with van der Waals surface area (Å²) in [5.41, 5.74) is 7.00. The van der Waals surface area contributed by atoms with Gasteiger partial charge in [0.1, 0.15) is 0 Å². The molecule has 0 saturated carbocycles. The fraction of sp³-hybridized carbons (Fsp3) is 0.200. The van der Waals surface area contributed by atoms with Gasteiger partial charge in [0.2, 0.25) is 5.01 Å². The van der Waals surface area contributed by atoms with Crippen LogP contribution in [0.4, 0.5) is 5.69 Å². The molecule has 1 aromatic heterocycles. The number of carbonyl (C=O) groups excluding carboxylic acids is 1. The van der Waals surface area contributed by atoms with Crippen molar-refractivity contribution in [1.82, 2.24) is 4.98 Å². The molecule has 0 radical (unpaired) electrons. The second-order valence-corrected chi connectivity index (χ2v) is 4.00. The maximum absolute atomic E-state index is 11.4. The fourth-order valence-corrected chi connectivity index (χ4v) is 2.06. The van der Waals surface area contributed by atoms with Gasteiger partial charge in [-0.3, -0.25) is 0 Å². The summed E-state index contributed by atoms with van der Waals surface area (Å²) in [7, 11) is 0. The Morgan fingerprint density at radius 3 is 3.13 bits per heavy atom. The molecule has 0 spiro atoms. The Bertz CT molecular complexity index is 507. The summed E-state index contributed by atoms with van der Waals surface area (Å²) in [5, 5.41) is 0.373. The summed E-state index contributed by atoms with van der Waals surface area (Å²) in [5.74, 6) is -0.378. The number of rotatable bonds is 2. The summed E-state index contributed by atoms with van der Waals surface area (Å²) < 4.78 is 5.80. The number of nitrogen functional groups attached to an aromatic ring is 1. The standard InChI is InChI=1S/C10H10N2O2S/c1-2-14-10(13)9-12-7-5-6(11)3-4-8(7)15-9/h3-5H,2,11H2,1H3. The lowest BCUT2D eigenvalue weighted by Gasteiger charge is -1.94. The second-order valence-electron chi connectivity index (χ2n) is 2.97. The predicted molar refractivity (Wildman–Crippen MR) is 60.0 cm³/mol. The van der Waals surface area contributed by atoms with Crippen LogP contribution in [0.25, 0.3) is 10.2 Å². The molecule has 1 heterocycles. The minimum Gasteiger partial charge on any atom is -0.461 e. The Hall–Kier alpha value is -1.62. The Kier molecular flexibility index (Phi) is 2.55. The van der Waals surface area contributed by atoms with Crippen LogP contribution in [-0.4, -0.2) is 17.6 Å². The number of nitrogens with zero attached hydrogens (tertiary/aromatic N) is 1. The molecule has 0 atom stereocenters. The molecule has 0 aliphatic carbocycles. The molecule has 0 aliphatic heterocycles. The van der Waals surface area contributed by atoms with Crippen molar-refractivity contribution in [2.75, 3.05) is 12.3 Å². The number of hydrogen-bond donors (Lipinski definition) is 1. The first-order chi connectivity index (χ1) is 7.20. The highest BCUT2D eigenvalue weighted by Crippen LogP contribution is 2.24. The number of thiazole rings is 1. The van der Waals surface area contributed by atoms with Gasteiger partial charge in [-0.05, 0) is 25.1 Å². The van der Waals surface area contributed by atoms with E-state index in [0.717, 1.165) is 10.2 Å². The number of esters is 1. The summed E-state index contributed by atoms with van der Waals surface area (Å²) in [6, 6.07) is 5.38. The van der Waals surface area contributed by atoms with E-state index in [4.69, 9.17) is 10.5 Å². The molecule has 2 aromatic rings. The van der Waals surface area contributed by atoms with Crippen LogP contribution in [0.2, 0.25) is 0 Å². The van der Waals surface area contributed by atoms with E-state index in [0.29, 0.717) is 17.3 Å². The van der Waals surface area contributed by atoms with Gasteiger partial charge in [-0.1, -0.05) is 0 Å². The lowest BCUT2D eigenvalue weighted by molar-refractivity contribution is 0.0526. The van der Waals surface area contributed by atoms with Crippen LogP contribution < -0.4 is 5.73 Å². The normalized spacial score (nSPS) is 10.5. The lowest BCUT2D eigenvalue weighted by Crippen LogP contribution is -2.03. The Labute approximate surface area is 90.7 Å². The molecule has 78 valence electrons. The van der Waals surface area contributed by atoms with E-state index in [2.05, 4.69) is 4.98 Å². The predicted octanol–water partition coefficient (Wildman–Crippen LogP) is 2.06. The number of ether oxygens (including phenoxy) is 1. The third-order valence-electron chi connectivity index (χ3n) is 1.86. The van der Waals surface area contributed by atoms with Crippen LogP contribution in [0.3, 0.4) is 0 Å². The first kappa shape index (κ1) is 9.92. The zero-order valence-corrected chi connectivity index (χ0v) is 9.00. The van der Waals surface area contributed by atoms with Gasteiger partial charge in [0, 0.05) is 5.69 Å². The average Bonchev–Trinajstić information content (AvgIpc) is 2.60. The monoisotopic (exact) mass is 222 g/mol. The van der Waals surface area contributed by atoms with Gasteiger partial charge >= 0.3 is 5.97 Å². The lowest BCUT2D eigenvalue weighted by atomic mass is 10.3. The van der Waals surface area contributed by atoms with E-state index in [1.807, 2.05) is 6.07 Å². The highest BCUT2D eigenvalue weighted by molar-refractivity contribution is 7.20. The molecule has 0 aliphatic rings. The molecule has 2 N–H and O–H groups in total. The van der Waals surface area contributed by atoms with E-state index in [-0.39, 0.29) is 5.97 Å². The molecule has 1 aromatic carbocycles. The van der Waals surface area contributed by atoms with Crippen molar-refractivity contribution < 1.29 is 9.53 Å². The van der Waals surface area contributed by atoms with Crippen molar-refractivity contribution in [3.63, 3.8) is 0 Å². The molecular formula is C10H10N2O2S. The first-order valence-electron chi connectivity index (χ1n) is 4.54. The van der Waals surface area contributed by atoms with Crippen molar-refractivity contribution >= 4 is 33.2 Å². The van der Waals surface area contributed by atoms with Gasteiger partial charge in [0.15, 0.2) is 0 Å². The Balaban J connectivity index is 2.42. The summed E-state index contributed by atoms with van der Waals surface area (Å²) >= 11 is 1.31. The van der Waals surface area contributed by atoms with E-state index in [1.54, 1.807) is 19.1 Å². The van der Waals surface area contributed by atoms with Crippen LogP contribution in [0.5, 0.6) is 0 Å². The van der Waals surface area contributed by atoms with Gasteiger partial charge in [-0.2, -0.15) is 0 Å².